The SMILES string of the molecule is O=C(N/N=C/c1ccc2c(c1)OCO2)c1ccc(NS(=O)(=O)c2cccs2)cc1. The number of amides is 1. The van der Waals surface area contributed by atoms with Crippen LogP contribution in [0.15, 0.2) is 69.3 Å². The van der Waals surface area contributed by atoms with E-state index < -0.39 is 15.9 Å². The summed E-state index contributed by atoms with van der Waals surface area (Å²) < 4.78 is 37.6. The zero-order valence-electron chi connectivity index (χ0n) is 14.9. The molecule has 0 unspecified atom stereocenters. The van der Waals surface area contributed by atoms with Crippen molar-refractivity contribution in [3.8, 4) is 11.5 Å². The molecule has 0 fully saturated rings. The van der Waals surface area contributed by atoms with Crippen molar-refractivity contribution in [3.63, 3.8) is 0 Å². The molecule has 2 heterocycles. The van der Waals surface area contributed by atoms with Crippen LogP contribution in [-0.2, 0) is 10.0 Å². The minimum Gasteiger partial charge on any atom is -0.454 e. The van der Waals surface area contributed by atoms with Gasteiger partial charge in [-0.05, 0) is 59.5 Å². The molecule has 148 valence electrons. The zero-order chi connectivity index (χ0) is 20.3. The van der Waals surface area contributed by atoms with Gasteiger partial charge in [0, 0.05) is 11.3 Å². The van der Waals surface area contributed by atoms with Crippen LogP contribution in [0.3, 0.4) is 0 Å². The summed E-state index contributed by atoms with van der Waals surface area (Å²) >= 11 is 1.13. The summed E-state index contributed by atoms with van der Waals surface area (Å²) in [5, 5.41) is 5.61. The number of hydrazone groups is 1. The van der Waals surface area contributed by atoms with Crippen LogP contribution in [0.1, 0.15) is 15.9 Å². The average molecular weight is 429 g/mol. The third-order valence-corrected chi connectivity index (χ3v) is 6.71. The van der Waals surface area contributed by atoms with Crippen LogP contribution < -0.4 is 19.6 Å². The second kappa shape index (κ2) is 7.94. The molecule has 10 heteroatoms. The van der Waals surface area contributed by atoms with Crippen molar-refractivity contribution < 1.29 is 22.7 Å². The molecule has 2 N–H and O–H groups in total. The molecule has 0 bridgehead atoms. The van der Waals surface area contributed by atoms with Gasteiger partial charge in [-0.25, -0.2) is 13.8 Å². The van der Waals surface area contributed by atoms with Gasteiger partial charge in [0.2, 0.25) is 6.79 Å². The number of carbonyl (C=O) groups is 1. The van der Waals surface area contributed by atoms with Gasteiger partial charge in [-0.3, -0.25) is 9.52 Å². The quantitative estimate of drug-likeness (QED) is 0.463. The van der Waals surface area contributed by atoms with Gasteiger partial charge in [-0.15, -0.1) is 11.3 Å². The molecule has 1 aliphatic heterocycles. The Morgan fingerprint density at radius 3 is 2.62 bits per heavy atom. The van der Waals surface area contributed by atoms with E-state index in [1.54, 1.807) is 29.6 Å². The monoisotopic (exact) mass is 429 g/mol. The number of hydrogen-bond donors (Lipinski definition) is 2. The van der Waals surface area contributed by atoms with E-state index in [1.807, 2.05) is 0 Å². The van der Waals surface area contributed by atoms with Crippen LogP contribution >= 0.6 is 11.3 Å². The molecule has 2 aromatic carbocycles. The highest BCUT2D eigenvalue weighted by Crippen LogP contribution is 2.32. The number of anilines is 1. The lowest BCUT2D eigenvalue weighted by molar-refractivity contribution is 0.0955. The lowest BCUT2D eigenvalue weighted by Crippen LogP contribution is -2.17. The number of ether oxygens (including phenoxy) is 2. The van der Waals surface area contributed by atoms with Gasteiger partial charge in [0.1, 0.15) is 4.21 Å². The molecule has 0 aliphatic carbocycles. The molecule has 1 amide bonds. The number of benzene rings is 2. The normalized spacial score (nSPS) is 12.8. The Kier molecular flexibility index (Phi) is 5.19. The standard InChI is InChI=1S/C19H15N3O5S2/c23-19(21-20-11-13-3-8-16-17(10-13)27-12-26-16)14-4-6-15(7-5-14)22-29(24,25)18-2-1-9-28-18/h1-11,22H,12H2,(H,21,23)/b20-11+. The molecule has 1 aromatic heterocycles. The maximum Gasteiger partial charge on any atom is 0.271 e. The predicted octanol–water partition coefficient (Wildman–Crippen LogP) is 3.04. The largest absolute Gasteiger partial charge is 0.454 e. The van der Waals surface area contributed by atoms with Gasteiger partial charge < -0.3 is 9.47 Å². The molecular formula is C19H15N3O5S2. The Bertz CT molecular complexity index is 1160. The van der Waals surface area contributed by atoms with Gasteiger partial charge in [0.15, 0.2) is 11.5 Å². The number of nitrogens with one attached hydrogen (secondary N) is 2. The lowest BCUT2D eigenvalue weighted by Gasteiger charge is -2.07. The summed E-state index contributed by atoms with van der Waals surface area (Å²) in [5.41, 5.74) is 3.87. The van der Waals surface area contributed by atoms with E-state index in [2.05, 4.69) is 15.2 Å². The van der Waals surface area contributed by atoms with E-state index in [0.717, 1.165) is 16.9 Å². The smallest absolute Gasteiger partial charge is 0.271 e. The number of fused-ring (bicyclic) bond motifs is 1. The maximum atomic E-state index is 12.2. The second-order valence-corrected chi connectivity index (χ2v) is 8.78. The van der Waals surface area contributed by atoms with Gasteiger partial charge in [-0.2, -0.15) is 5.10 Å². The third kappa shape index (κ3) is 4.39. The maximum absolute atomic E-state index is 12.2. The summed E-state index contributed by atoms with van der Waals surface area (Å²) in [7, 11) is -3.63. The molecule has 3 aromatic rings. The van der Waals surface area contributed by atoms with Crippen molar-refractivity contribution in [2.75, 3.05) is 11.5 Å². The Morgan fingerprint density at radius 2 is 1.86 bits per heavy atom. The van der Waals surface area contributed by atoms with E-state index in [4.69, 9.17) is 9.47 Å². The molecule has 0 spiro atoms. The summed E-state index contributed by atoms with van der Waals surface area (Å²) in [6, 6.07) is 14.5. The first-order chi connectivity index (χ1) is 14.0. The van der Waals surface area contributed by atoms with Crippen LogP contribution in [0.5, 0.6) is 11.5 Å². The molecule has 1 aliphatic rings. The molecule has 0 saturated heterocycles. The number of rotatable bonds is 6. The average Bonchev–Trinajstić information content (AvgIpc) is 3.40. The van der Waals surface area contributed by atoms with Gasteiger partial charge in [0.05, 0.1) is 6.21 Å². The zero-order valence-corrected chi connectivity index (χ0v) is 16.5. The van der Waals surface area contributed by atoms with E-state index in [9.17, 15) is 13.2 Å². The molecule has 0 radical (unpaired) electrons. The fourth-order valence-corrected chi connectivity index (χ4v) is 4.59. The van der Waals surface area contributed by atoms with Crippen molar-refractivity contribution in [1.29, 1.82) is 0 Å². The van der Waals surface area contributed by atoms with Crippen LogP contribution in [-0.4, -0.2) is 27.3 Å². The predicted molar refractivity (Wildman–Crippen MR) is 109 cm³/mol. The van der Waals surface area contributed by atoms with Crippen LogP contribution in [0, 0.1) is 0 Å². The Balaban J connectivity index is 1.37. The van der Waals surface area contributed by atoms with E-state index in [0.29, 0.717) is 22.7 Å². The van der Waals surface area contributed by atoms with Crippen molar-refractivity contribution in [2.24, 2.45) is 5.10 Å². The number of carbonyl (C=O) groups excluding carboxylic acids is 1. The van der Waals surface area contributed by atoms with Crippen molar-refractivity contribution in [2.45, 2.75) is 4.21 Å². The Hall–Kier alpha value is -3.37. The third-order valence-electron chi connectivity index (χ3n) is 3.94. The minimum absolute atomic E-state index is 0.187. The molecule has 0 atom stereocenters. The van der Waals surface area contributed by atoms with Crippen LogP contribution in [0.4, 0.5) is 5.69 Å². The Morgan fingerprint density at radius 1 is 1.07 bits per heavy atom. The Labute approximate surface area is 170 Å². The van der Waals surface area contributed by atoms with E-state index in [-0.39, 0.29) is 11.0 Å². The molecular weight excluding hydrogens is 414 g/mol. The van der Waals surface area contributed by atoms with Gasteiger partial charge in [0.25, 0.3) is 15.9 Å². The first-order valence-corrected chi connectivity index (χ1v) is 10.8. The summed E-state index contributed by atoms with van der Waals surface area (Å²) in [4.78, 5) is 12.2. The topological polar surface area (TPSA) is 106 Å². The highest BCUT2D eigenvalue weighted by Gasteiger charge is 2.15. The minimum atomic E-state index is -3.63. The molecule has 29 heavy (non-hydrogen) atoms. The fourth-order valence-electron chi connectivity index (χ4n) is 2.53. The second-order valence-electron chi connectivity index (χ2n) is 5.93. The van der Waals surface area contributed by atoms with Crippen molar-refractivity contribution in [1.82, 2.24) is 5.43 Å². The number of sulfonamides is 1. The number of thiophene rings is 1. The summed E-state index contributed by atoms with van der Waals surface area (Å²) in [5.74, 6) is 0.872. The summed E-state index contributed by atoms with van der Waals surface area (Å²) in [6.45, 7) is 0.187. The highest BCUT2D eigenvalue weighted by molar-refractivity contribution is 7.94. The van der Waals surface area contributed by atoms with Gasteiger partial charge in [-0.1, -0.05) is 6.07 Å². The lowest BCUT2D eigenvalue weighted by atomic mass is 10.2. The van der Waals surface area contributed by atoms with Crippen LogP contribution in [0.25, 0.3) is 0 Å². The van der Waals surface area contributed by atoms with Gasteiger partial charge >= 0.3 is 0 Å². The first kappa shape index (κ1) is 19.0. The number of nitrogens with zero attached hydrogens (tertiary/aromatic N) is 1. The first-order valence-electron chi connectivity index (χ1n) is 8.41. The molecule has 8 nitrogen and oxygen atoms in total. The van der Waals surface area contributed by atoms with E-state index >= 15 is 0 Å². The van der Waals surface area contributed by atoms with E-state index in [1.165, 1.54) is 36.5 Å². The fraction of sp³-hybridized carbons (Fsp3) is 0.0526. The number of hydrogen-bond acceptors (Lipinski definition) is 7. The molecule has 4 rings (SSSR count). The molecule has 0 saturated carbocycles. The van der Waals surface area contributed by atoms with Crippen molar-refractivity contribution >= 4 is 39.2 Å². The highest BCUT2D eigenvalue weighted by atomic mass is 32.2. The van der Waals surface area contributed by atoms with Crippen molar-refractivity contribution in [3.05, 3.63) is 71.1 Å². The van der Waals surface area contributed by atoms with Crippen LogP contribution in [0.2, 0.25) is 0 Å². The summed E-state index contributed by atoms with van der Waals surface area (Å²) in [6.07, 6.45) is 1.49.